The Kier molecular flexibility index (Phi) is 3.46. The van der Waals surface area contributed by atoms with Crippen molar-refractivity contribution in [1.82, 2.24) is 14.5 Å². The highest BCUT2D eigenvalue weighted by Gasteiger charge is 2.15. The van der Waals surface area contributed by atoms with Crippen molar-refractivity contribution in [3.05, 3.63) is 6.20 Å². The molecule has 82 valence electrons. The molecule has 2 rings (SSSR count). The highest BCUT2D eigenvalue weighted by Crippen LogP contribution is 2.10. The summed E-state index contributed by atoms with van der Waals surface area (Å²) in [6, 6.07) is -0.105. The topological polar surface area (TPSA) is 67.4 Å². The third-order valence-electron chi connectivity index (χ3n) is 2.10. The lowest BCUT2D eigenvalue weighted by molar-refractivity contribution is 0.144. The third-order valence-corrected chi connectivity index (χ3v) is 2.68. The lowest BCUT2D eigenvalue weighted by atomic mass is 10.4. The maximum Gasteiger partial charge on any atom is 0.322 e. The number of ether oxygens (including phenoxy) is 1. The number of aromatic nitrogens is 2. The fourth-order valence-electron chi connectivity index (χ4n) is 1.36. The van der Waals surface area contributed by atoms with Gasteiger partial charge in [0, 0.05) is 31.2 Å². The van der Waals surface area contributed by atoms with Gasteiger partial charge in [-0.3, -0.25) is 5.32 Å². The fourth-order valence-corrected chi connectivity index (χ4v) is 1.77. The van der Waals surface area contributed by atoms with E-state index in [-0.39, 0.29) is 6.03 Å². The molecule has 15 heavy (non-hydrogen) atoms. The molecular formula is C8H12N4O2S. The van der Waals surface area contributed by atoms with Crippen molar-refractivity contribution in [3.8, 4) is 0 Å². The van der Waals surface area contributed by atoms with Gasteiger partial charge in [0.1, 0.15) is 5.00 Å². The first kappa shape index (κ1) is 10.3. The van der Waals surface area contributed by atoms with Gasteiger partial charge in [-0.2, -0.15) is 0 Å². The lowest BCUT2D eigenvalue weighted by Gasteiger charge is -2.18. The summed E-state index contributed by atoms with van der Waals surface area (Å²) >= 11 is 1.17. The van der Waals surface area contributed by atoms with Crippen molar-refractivity contribution >= 4 is 22.6 Å². The molecule has 6 nitrogen and oxygen atoms in total. The maximum atomic E-state index is 11.7. The van der Waals surface area contributed by atoms with E-state index in [1.54, 1.807) is 4.90 Å². The highest BCUT2D eigenvalue weighted by molar-refractivity contribution is 7.10. The molecule has 0 spiro atoms. The molecule has 0 aromatic carbocycles. The molecule has 0 radical (unpaired) electrons. The average molecular weight is 228 g/mol. The van der Waals surface area contributed by atoms with Crippen LogP contribution in [0.5, 0.6) is 0 Å². The predicted octanol–water partition coefficient (Wildman–Crippen LogP) is 0.792. The molecule has 1 N–H and O–H groups in total. The van der Waals surface area contributed by atoms with Gasteiger partial charge < -0.3 is 9.64 Å². The van der Waals surface area contributed by atoms with E-state index < -0.39 is 0 Å². The molecule has 0 atom stereocenters. The number of carbonyl (C=O) groups is 1. The fraction of sp³-hybridized carbons (Fsp3) is 0.625. The number of rotatable bonds is 1. The minimum absolute atomic E-state index is 0.105. The Bertz CT molecular complexity index is 308. The van der Waals surface area contributed by atoms with Crippen LogP contribution in [0.2, 0.25) is 0 Å². The number of carbonyl (C=O) groups excluding carboxylic acids is 1. The first-order valence-electron chi connectivity index (χ1n) is 4.77. The zero-order chi connectivity index (χ0) is 10.5. The largest absolute Gasteiger partial charge is 0.380 e. The summed E-state index contributed by atoms with van der Waals surface area (Å²) in [5, 5.41) is 7.07. The summed E-state index contributed by atoms with van der Waals surface area (Å²) in [5.41, 5.74) is 0. The molecule has 2 amide bonds. The van der Waals surface area contributed by atoms with Crippen LogP contribution < -0.4 is 5.32 Å². The number of anilines is 1. The molecule has 1 aliphatic rings. The van der Waals surface area contributed by atoms with E-state index in [0.29, 0.717) is 18.2 Å². The molecule has 0 unspecified atom stereocenters. The molecule has 0 aliphatic carbocycles. The van der Waals surface area contributed by atoms with Gasteiger partial charge in [-0.25, -0.2) is 4.79 Å². The summed E-state index contributed by atoms with van der Waals surface area (Å²) in [4.78, 5) is 13.5. The molecule has 1 aliphatic heterocycles. The first-order valence-corrected chi connectivity index (χ1v) is 5.54. The Balaban J connectivity index is 1.89. The summed E-state index contributed by atoms with van der Waals surface area (Å²) < 4.78 is 8.94. The van der Waals surface area contributed by atoms with E-state index in [1.807, 2.05) is 0 Å². The van der Waals surface area contributed by atoms with Crippen molar-refractivity contribution in [3.63, 3.8) is 0 Å². The van der Waals surface area contributed by atoms with E-state index in [1.165, 1.54) is 17.7 Å². The van der Waals surface area contributed by atoms with E-state index >= 15 is 0 Å². The molecule has 0 saturated carbocycles. The van der Waals surface area contributed by atoms with Crippen LogP contribution in [0.25, 0.3) is 0 Å². The number of nitrogens with one attached hydrogen (secondary N) is 1. The normalized spacial score (nSPS) is 17.2. The quantitative estimate of drug-likeness (QED) is 0.771. The molecule has 1 fully saturated rings. The van der Waals surface area contributed by atoms with Gasteiger partial charge in [-0.15, -0.1) is 5.10 Å². The molecular weight excluding hydrogens is 216 g/mol. The van der Waals surface area contributed by atoms with Crippen molar-refractivity contribution < 1.29 is 9.53 Å². The average Bonchev–Trinajstić information content (AvgIpc) is 2.58. The minimum Gasteiger partial charge on any atom is -0.380 e. The Morgan fingerprint density at radius 1 is 1.53 bits per heavy atom. The van der Waals surface area contributed by atoms with E-state index in [9.17, 15) is 4.79 Å². The van der Waals surface area contributed by atoms with Gasteiger partial charge in [0.2, 0.25) is 0 Å². The lowest BCUT2D eigenvalue weighted by Crippen LogP contribution is -2.36. The van der Waals surface area contributed by atoms with Crippen LogP contribution in [-0.2, 0) is 4.74 Å². The molecule has 1 saturated heterocycles. The Labute approximate surface area is 91.4 Å². The van der Waals surface area contributed by atoms with Gasteiger partial charge in [0.15, 0.2) is 0 Å². The van der Waals surface area contributed by atoms with Crippen LogP contribution in [-0.4, -0.2) is 46.8 Å². The number of nitrogens with zero attached hydrogens (tertiary/aromatic N) is 3. The molecule has 1 aromatic heterocycles. The number of urea groups is 1. The summed E-state index contributed by atoms with van der Waals surface area (Å²) in [7, 11) is 0. The Morgan fingerprint density at radius 3 is 3.27 bits per heavy atom. The SMILES string of the molecule is O=C(Nc1cnns1)N1CCCOCC1. The predicted molar refractivity (Wildman–Crippen MR) is 55.9 cm³/mol. The van der Waals surface area contributed by atoms with E-state index in [0.717, 1.165) is 19.6 Å². The summed E-state index contributed by atoms with van der Waals surface area (Å²) in [6.07, 6.45) is 2.42. The van der Waals surface area contributed by atoms with Crippen molar-refractivity contribution in [2.75, 3.05) is 31.6 Å². The number of amides is 2. The van der Waals surface area contributed by atoms with E-state index in [2.05, 4.69) is 14.9 Å². The van der Waals surface area contributed by atoms with Gasteiger partial charge in [0.05, 0.1) is 12.8 Å². The van der Waals surface area contributed by atoms with Crippen molar-refractivity contribution in [2.24, 2.45) is 0 Å². The third kappa shape index (κ3) is 2.87. The summed E-state index contributed by atoms with van der Waals surface area (Å²) in [6.45, 7) is 2.70. The zero-order valence-electron chi connectivity index (χ0n) is 8.18. The van der Waals surface area contributed by atoms with Crippen LogP contribution in [0.1, 0.15) is 6.42 Å². The standard InChI is InChI=1S/C8H12N4O2S/c13-8(10-7-6-9-11-15-7)12-2-1-4-14-5-3-12/h6H,1-5H2,(H,10,13). The van der Waals surface area contributed by atoms with Crippen molar-refractivity contribution in [1.29, 1.82) is 0 Å². The monoisotopic (exact) mass is 228 g/mol. The van der Waals surface area contributed by atoms with Gasteiger partial charge in [0.25, 0.3) is 0 Å². The van der Waals surface area contributed by atoms with Gasteiger partial charge in [-0.1, -0.05) is 4.49 Å². The number of hydrogen-bond acceptors (Lipinski definition) is 5. The second-order valence-electron chi connectivity index (χ2n) is 3.16. The summed E-state index contributed by atoms with van der Waals surface area (Å²) in [5.74, 6) is 0. The molecule has 0 bridgehead atoms. The molecule has 7 heteroatoms. The Morgan fingerprint density at radius 2 is 2.47 bits per heavy atom. The highest BCUT2D eigenvalue weighted by atomic mass is 32.1. The van der Waals surface area contributed by atoms with Crippen molar-refractivity contribution in [2.45, 2.75) is 6.42 Å². The smallest absolute Gasteiger partial charge is 0.322 e. The van der Waals surface area contributed by atoms with Crippen LogP contribution in [0.4, 0.5) is 9.80 Å². The molecule has 1 aromatic rings. The first-order chi connectivity index (χ1) is 7.36. The van der Waals surface area contributed by atoms with E-state index in [4.69, 9.17) is 4.74 Å². The van der Waals surface area contributed by atoms with Crippen LogP contribution in [0.3, 0.4) is 0 Å². The van der Waals surface area contributed by atoms with Gasteiger partial charge >= 0.3 is 6.03 Å². The number of hydrogen-bond donors (Lipinski definition) is 1. The van der Waals surface area contributed by atoms with Gasteiger partial charge in [-0.05, 0) is 6.42 Å². The minimum atomic E-state index is -0.105. The van der Waals surface area contributed by atoms with Crippen LogP contribution >= 0.6 is 11.5 Å². The van der Waals surface area contributed by atoms with Crippen LogP contribution in [0.15, 0.2) is 6.20 Å². The zero-order valence-corrected chi connectivity index (χ0v) is 9.00. The second-order valence-corrected chi connectivity index (χ2v) is 3.95. The van der Waals surface area contributed by atoms with Crippen LogP contribution in [0, 0.1) is 0 Å². The maximum absolute atomic E-state index is 11.7. The second kappa shape index (κ2) is 5.04. The molecule has 2 heterocycles. The Hall–Kier alpha value is -1.21.